The molecule has 6 heteroatoms. The second-order valence-electron chi connectivity index (χ2n) is 5.05. The van der Waals surface area contributed by atoms with E-state index in [1.165, 1.54) is 4.90 Å². The molecule has 0 spiro atoms. The summed E-state index contributed by atoms with van der Waals surface area (Å²) in [4.78, 5) is 24.6. The molecule has 0 saturated carbocycles. The van der Waals surface area contributed by atoms with Crippen molar-refractivity contribution in [3.63, 3.8) is 0 Å². The molecular weight excluding hydrogens is 224 g/mol. The molecule has 1 rings (SSSR count). The number of likely N-dealkylation sites (N-methyl/N-ethyl adjacent to an activating group) is 1. The Labute approximate surface area is 101 Å². The lowest BCUT2D eigenvalue weighted by Gasteiger charge is -2.33. The van der Waals surface area contributed by atoms with Crippen molar-refractivity contribution < 1.29 is 19.4 Å². The fraction of sp³-hybridized carbons (Fsp3) is 0.818. The first-order chi connectivity index (χ1) is 7.81. The molecule has 1 heterocycles. The molecule has 1 fully saturated rings. The number of rotatable bonds is 4. The van der Waals surface area contributed by atoms with Crippen LogP contribution in [0.15, 0.2) is 0 Å². The first kappa shape index (κ1) is 13.9. The molecule has 98 valence electrons. The zero-order chi connectivity index (χ0) is 13.2. The van der Waals surface area contributed by atoms with Gasteiger partial charge in [-0.15, -0.1) is 0 Å². The van der Waals surface area contributed by atoms with E-state index in [1.54, 1.807) is 20.9 Å². The molecule has 0 aromatic heterocycles. The number of carboxylic acid groups (broad SMARTS) is 1. The quantitative estimate of drug-likeness (QED) is 0.697. The summed E-state index contributed by atoms with van der Waals surface area (Å²) in [5.41, 5.74) is 4.86. The number of amides is 1. The van der Waals surface area contributed by atoms with E-state index in [4.69, 9.17) is 15.6 Å². The smallest absolute Gasteiger partial charge is 0.311 e. The molecule has 1 saturated heterocycles. The maximum absolute atomic E-state index is 12.1. The maximum atomic E-state index is 12.1. The summed E-state index contributed by atoms with van der Waals surface area (Å²) in [6, 6.07) is -0.411. The van der Waals surface area contributed by atoms with Crippen molar-refractivity contribution in [2.45, 2.75) is 19.9 Å². The third-order valence-electron chi connectivity index (χ3n) is 3.27. The number of carbonyl (C=O) groups is 2. The van der Waals surface area contributed by atoms with Gasteiger partial charge >= 0.3 is 5.97 Å². The van der Waals surface area contributed by atoms with E-state index in [0.717, 1.165) is 0 Å². The SMILES string of the molecule is CN(C(=O)C(C)(C)CN)C1COCC1C(=O)O. The number of carboxylic acids is 1. The van der Waals surface area contributed by atoms with Crippen LogP contribution >= 0.6 is 0 Å². The van der Waals surface area contributed by atoms with Crippen LogP contribution in [0, 0.1) is 11.3 Å². The number of aliphatic carboxylic acids is 1. The zero-order valence-electron chi connectivity index (χ0n) is 10.5. The lowest BCUT2D eigenvalue weighted by molar-refractivity contribution is -0.147. The minimum absolute atomic E-state index is 0.151. The molecule has 1 aliphatic rings. The van der Waals surface area contributed by atoms with Crippen molar-refractivity contribution in [3.8, 4) is 0 Å². The van der Waals surface area contributed by atoms with Crippen LogP contribution in [0.5, 0.6) is 0 Å². The first-order valence-corrected chi connectivity index (χ1v) is 5.59. The average molecular weight is 244 g/mol. The fourth-order valence-electron chi connectivity index (χ4n) is 1.88. The number of hydrogen-bond acceptors (Lipinski definition) is 4. The Hall–Kier alpha value is -1.14. The lowest BCUT2D eigenvalue weighted by atomic mass is 9.90. The van der Waals surface area contributed by atoms with Gasteiger partial charge in [0.05, 0.1) is 24.7 Å². The van der Waals surface area contributed by atoms with E-state index in [0.29, 0.717) is 0 Å². The third-order valence-corrected chi connectivity index (χ3v) is 3.27. The molecule has 0 aliphatic carbocycles. The van der Waals surface area contributed by atoms with E-state index in [9.17, 15) is 9.59 Å². The Morgan fingerprint density at radius 1 is 1.47 bits per heavy atom. The van der Waals surface area contributed by atoms with Gasteiger partial charge in [-0.05, 0) is 13.8 Å². The second kappa shape index (κ2) is 5.01. The highest BCUT2D eigenvalue weighted by molar-refractivity contribution is 5.83. The highest BCUT2D eigenvalue weighted by Gasteiger charge is 2.41. The Morgan fingerprint density at radius 3 is 2.53 bits per heavy atom. The van der Waals surface area contributed by atoms with Crippen molar-refractivity contribution in [1.29, 1.82) is 0 Å². The first-order valence-electron chi connectivity index (χ1n) is 5.59. The maximum Gasteiger partial charge on any atom is 0.311 e. The number of ether oxygens (including phenoxy) is 1. The summed E-state index contributed by atoms with van der Waals surface area (Å²) in [6.07, 6.45) is 0. The van der Waals surface area contributed by atoms with Crippen LogP contribution < -0.4 is 5.73 Å². The van der Waals surface area contributed by atoms with Gasteiger partial charge in [-0.1, -0.05) is 0 Å². The Kier molecular flexibility index (Phi) is 4.11. The summed E-state index contributed by atoms with van der Waals surface area (Å²) in [5, 5.41) is 9.03. The van der Waals surface area contributed by atoms with Gasteiger partial charge in [-0.25, -0.2) is 0 Å². The van der Waals surface area contributed by atoms with Crippen LogP contribution in [0.1, 0.15) is 13.8 Å². The number of nitrogens with zero attached hydrogens (tertiary/aromatic N) is 1. The van der Waals surface area contributed by atoms with E-state index in [-0.39, 0.29) is 25.7 Å². The van der Waals surface area contributed by atoms with Gasteiger partial charge in [0.1, 0.15) is 5.92 Å². The minimum atomic E-state index is -0.933. The molecule has 0 bridgehead atoms. The van der Waals surface area contributed by atoms with E-state index < -0.39 is 23.3 Å². The number of carbonyl (C=O) groups excluding carboxylic acids is 1. The van der Waals surface area contributed by atoms with Gasteiger partial charge in [-0.2, -0.15) is 0 Å². The van der Waals surface area contributed by atoms with Crippen molar-refractivity contribution >= 4 is 11.9 Å². The summed E-state index contributed by atoms with van der Waals surface area (Å²) in [7, 11) is 1.61. The van der Waals surface area contributed by atoms with Crippen LogP contribution in [0.25, 0.3) is 0 Å². The van der Waals surface area contributed by atoms with Crippen LogP contribution in [0.4, 0.5) is 0 Å². The van der Waals surface area contributed by atoms with Crippen LogP contribution in [-0.2, 0) is 14.3 Å². The van der Waals surface area contributed by atoms with Crippen LogP contribution in [-0.4, -0.2) is 54.7 Å². The van der Waals surface area contributed by atoms with Gasteiger partial charge in [0, 0.05) is 13.6 Å². The molecule has 0 aromatic carbocycles. The Balaban J connectivity index is 2.79. The van der Waals surface area contributed by atoms with E-state index in [1.807, 2.05) is 0 Å². The van der Waals surface area contributed by atoms with Crippen LogP contribution in [0.2, 0.25) is 0 Å². The zero-order valence-corrected chi connectivity index (χ0v) is 10.5. The third kappa shape index (κ3) is 2.76. The minimum Gasteiger partial charge on any atom is -0.481 e. The van der Waals surface area contributed by atoms with Gasteiger partial charge in [0.2, 0.25) is 5.91 Å². The highest BCUT2D eigenvalue weighted by Crippen LogP contribution is 2.24. The largest absolute Gasteiger partial charge is 0.481 e. The van der Waals surface area contributed by atoms with E-state index >= 15 is 0 Å². The lowest BCUT2D eigenvalue weighted by Crippen LogP contribution is -2.50. The van der Waals surface area contributed by atoms with E-state index in [2.05, 4.69) is 0 Å². The summed E-state index contributed by atoms with van der Waals surface area (Å²) in [6.45, 7) is 4.14. The summed E-state index contributed by atoms with van der Waals surface area (Å²) in [5.74, 6) is -1.74. The van der Waals surface area contributed by atoms with Gasteiger partial charge in [0.25, 0.3) is 0 Å². The summed E-state index contributed by atoms with van der Waals surface area (Å²) < 4.78 is 5.14. The normalized spacial score (nSPS) is 24.7. The molecule has 17 heavy (non-hydrogen) atoms. The second-order valence-corrected chi connectivity index (χ2v) is 5.05. The fourth-order valence-corrected chi connectivity index (χ4v) is 1.88. The molecule has 1 amide bonds. The van der Waals surface area contributed by atoms with Gasteiger partial charge in [0.15, 0.2) is 0 Å². The van der Waals surface area contributed by atoms with Crippen LogP contribution in [0.3, 0.4) is 0 Å². The Bertz CT molecular complexity index is 317. The average Bonchev–Trinajstić information content (AvgIpc) is 2.75. The van der Waals surface area contributed by atoms with Crippen molar-refractivity contribution in [1.82, 2.24) is 4.90 Å². The monoisotopic (exact) mass is 244 g/mol. The standard InChI is InChI=1S/C11H20N2O4/c1-11(2,6-12)10(16)13(3)8-5-17-4-7(8)9(14)15/h7-8H,4-6,12H2,1-3H3,(H,14,15). The molecule has 3 N–H and O–H groups in total. The Morgan fingerprint density at radius 2 is 2.06 bits per heavy atom. The molecule has 0 radical (unpaired) electrons. The molecule has 0 aromatic rings. The molecular formula is C11H20N2O4. The van der Waals surface area contributed by atoms with Gasteiger partial charge in [-0.3, -0.25) is 9.59 Å². The van der Waals surface area contributed by atoms with Crippen molar-refractivity contribution in [2.24, 2.45) is 17.1 Å². The number of hydrogen-bond donors (Lipinski definition) is 2. The van der Waals surface area contributed by atoms with Gasteiger partial charge < -0.3 is 20.5 Å². The molecule has 1 aliphatic heterocycles. The number of nitrogens with two attached hydrogens (primary N) is 1. The van der Waals surface area contributed by atoms with Crippen molar-refractivity contribution in [2.75, 3.05) is 26.8 Å². The molecule has 2 unspecified atom stereocenters. The van der Waals surface area contributed by atoms with Crippen molar-refractivity contribution in [3.05, 3.63) is 0 Å². The highest BCUT2D eigenvalue weighted by atomic mass is 16.5. The topological polar surface area (TPSA) is 92.9 Å². The molecule has 6 nitrogen and oxygen atoms in total. The predicted molar refractivity (Wildman–Crippen MR) is 61.3 cm³/mol. The molecule has 2 atom stereocenters. The summed E-state index contributed by atoms with van der Waals surface area (Å²) >= 11 is 0. The predicted octanol–water partition coefficient (Wildman–Crippen LogP) is -0.471.